The molecule has 1 rings (SSSR count). The predicted molar refractivity (Wildman–Crippen MR) is 73.9 cm³/mol. The zero-order chi connectivity index (χ0) is 15.6. The number of hydrogen-bond acceptors (Lipinski definition) is 4. The van der Waals surface area contributed by atoms with Crippen LogP contribution in [0.3, 0.4) is 0 Å². The van der Waals surface area contributed by atoms with Crippen LogP contribution in [-0.4, -0.2) is 38.5 Å². The Balaban J connectivity index is 2.81. The number of carbonyl (C=O) groups excluding carboxylic acids is 1. The van der Waals surface area contributed by atoms with Crippen molar-refractivity contribution in [3.8, 4) is 0 Å². The highest BCUT2D eigenvalue weighted by atomic mass is 16.4. The van der Waals surface area contributed by atoms with Gasteiger partial charge >= 0.3 is 5.97 Å². The first-order valence-electron chi connectivity index (χ1n) is 6.35. The van der Waals surface area contributed by atoms with Crippen LogP contribution in [0.5, 0.6) is 0 Å². The summed E-state index contributed by atoms with van der Waals surface area (Å²) in [7, 11) is 0. The molecule has 7 nitrogen and oxygen atoms in total. The maximum Gasteiger partial charge on any atom is 0.326 e. The topological polar surface area (TPSA) is 121 Å². The zero-order valence-corrected chi connectivity index (χ0v) is 12.2. The number of carbonyl (C=O) groups is 2. The molecule has 0 saturated carbocycles. The summed E-state index contributed by atoms with van der Waals surface area (Å²) in [6.45, 7) is 6.85. The second kappa shape index (κ2) is 5.62. The molecule has 7 heteroatoms. The third kappa shape index (κ3) is 3.57. The highest BCUT2D eigenvalue weighted by Crippen LogP contribution is 2.28. The van der Waals surface area contributed by atoms with E-state index in [0.29, 0.717) is 5.69 Å². The molecule has 1 aromatic heterocycles. The van der Waals surface area contributed by atoms with Gasteiger partial charge in [0.1, 0.15) is 6.04 Å². The average molecular weight is 282 g/mol. The number of nitrogens with two attached hydrogens (primary N) is 1. The van der Waals surface area contributed by atoms with E-state index in [-0.39, 0.29) is 6.42 Å². The molecule has 1 atom stereocenters. The Morgan fingerprint density at radius 3 is 2.45 bits per heavy atom. The number of aromatic amines is 1. The minimum absolute atomic E-state index is 0.141. The molecule has 112 valence electrons. The maximum absolute atomic E-state index is 12.3. The lowest BCUT2D eigenvalue weighted by Crippen LogP contribution is -2.58. The van der Waals surface area contributed by atoms with E-state index in [1.807, 2.05) is 0 Å². The van der Waals surface area contributed by atoms with Crippen LogP contribution in [0.2, 0.25) is 0 Å². The van der Waals surface area contributed by atoms with Gasteiger partial charge in [0.05, 0.1) is 11.7 Å². The first-order valence-corrected chi connectivity index (χ1v) is 6.35. The third-order valence-corrected chi connectivity index (χ3v) is 3.76. The smallest absolute Gasteiger partial charge is 0.326 e. The van der Waals surface area contributed by atoms with Crippen molar-refractivity contribution in [2.75, 3.05) is 0 Å². The van der Waals surface area contributed by atoms with Gasteiger partial charge in [-0.15, -0.1) is 0 Å². The number of amides is 1. The number of rotatable bonds is 6. The Bertz CT molecular complexity index is 474. The van der Waals surface area contributed by atoms with Gasteiger partial charge in [-0.3, -0.25) is 4.79 Å². The molecule has 0 fully saturated rings. The number of imidazole rings is 1. The summed E-state index contributed by atoms with van der Waals surface area (Å²) in [4.78, 5) is 30.2. The number of aliphatic carboxylic acids is 1. The average Bonchev–Trinajstić information content (AvgIpc) is 2.78. The fourth-order valence-electron chi connectivity index (χ4n) is 1.45. The van der Waals surface area contributed by atoms with Gasteiger partial charge < -0.3 is 21.1 Å². The largest absolute Gasteiger partial charge is 0.480 e. The fourth-order valence-corrected chi connectivity index (χ4v) is 1.45. The van der Waals surface area contributed by atoms with E-state index in [9.17, 15) is 14.7 Å². The standard InChI is InChI=1S/C13H22N4O3/c1-12(2,13(3,4)14)11(20)17-9(10(18)19)5-8-6-15-7-16-8/h6-7,9H,5,14H2,1-4H3,(H,15,16)(H,17,20)(H,18,19)/t9-/m0/s1. The number of nitrogens with one attached hydrogen (secondary N) is 2. The van der Waals surface area contributed by atoms with Gasteiger partial charge in [0.2, 0.25) is 5.91 Å². The van der Waals surface area contributed by atoms with E-state index in [2.05, 4.69) is 15.3 Å². The summed E-state index contributed by atoms with van der Waals surface area (Å²) in [5.74, 6) is -1.49. The normalized spacial score (nSPS) is 13.8. The van der Waals surface area contributed by atoms with Crippen molar-refractivity contribution in [3.05, 3.63) is 18.2 Å². The van der Waals surface area contributed by atoms with Gasteiger partial charge in [-0.05, 0) is 27.7 Å². The van der Waals surface area contributed by atoms with Gasteiger partial charge in [0, 0.05) is 23.9 Å². The lowest BCUT2D eigenvalue weighted by Gasteiger charge is -2.37. The predicted octanol–water partition coefficient (Wildman–Crippen LogP) is 0.285. The Hall–Kier alpha value is -1.89. The van der Waals surface area contributed by atoms with E-state index in [1.54, 1.807) is 27.7 Å². The summed E-state index contributed by atoms with van der Waals surface area (Å²) >= 11 is 0. The molecule has 0 radical (unpaired) electrons. The van der Waals surface area contributed by atoms with Crippen LogP contribution in [0.25, 0.3) is 0 Å². The Morgan fingerprint density at radius 1 is 1.45 bits per heavy atom. The van der Waals surface area contributed by atoms with Crippen molar-refractivity contribution in [2.24, 2.45) is 11.1 Å². The minimum Gasteiger partial charge on any atom is -0.480 e. The summed E-state index contributed by atoms with van der Waals surface area (Å²) < 4.78 is 0. The molecule has 20 heavy (non-hydrogen) atoms. The Morgan fingerprint density at radius 2 is 2.05 bits per heavy atom. The van der Waals surface area contributed by atoms with Crippen molar-refractivity contribution < 1.29 is 14.7 Å². The number of carboxylic acids is 1. The third-order valence-electron chi connectivity index (χ3n) is 3.76. The van der Waals surface area contributed by atoms with Gasteiger partial charge in [0.25, 0.3) is 0 Å². The van der Waals surface area contributed by atoms with Crippen molar-refractivity contribution in [1.82, 2.24) is 15.3 Å². The highest BCUT2D eigenvalue weighted by Gasteiger charge is 2.41. The van der Waals surface area contributed by atoms with Crippen LogP contribution >= 0.6 is 0 Å². The molecule has 0 aliphatic carbocycles. The van der Waals surface area contributed by atoms with Crippen LogP contribution in [0.1, 0.15) is 33.4 Å². The molecule has 0 unspecified atom stereocenters. The van der Waals surface area contributed by atoms with Crippen molar-refractivity contribution in [1.29, 1.82) is 0 Å². The van der Waals surface area contributed by atoms with Gasteiger partial charge in [0.15, 0.2) is 0 Å². The van der Waals surface area contributed by atoms with Crippen LogP contribution in [-0.2, 0) is 16.0 Å². The van der Waals surface area contributed by atoms with Crippen molar-refractivity contribution in [2.45, 2.75) is 45.7 Å². The van der Waals surface area contributed by atoms with Crippen LogP contribution < -0.4 is 11.1 Å². The first kappa shape index (κ1) is 16.2. The quantitative estimate of drug-likeness (QED) is 0.597. The number of nitrogens with zero attached hydrogens (tertiary/aromatic N) is 1. The van der Waals surface area contributed by atoms with E-state index in [4.69, 9.17) is 5.73 Å². The summed E-state index contributed by atoms with van der Waals surface area (Å²) in [5.41, 5.74) is 4.95. The van der Waals surface area contributed by atoms with Crippen molar-refractivity contribution >= 4 is 11.9 Å². The van der Waals surface area contributed by atoms with E-state index in [0.717, 1.165) is 0 Å². The van der Waals surface area contributed by atoms with Gasteiger partial charge in [-0.25, -0.2) is 9.78 Å². The van der Waals surface area contributed by atoms with Crippen molar-refractivity contribution in [3.63, 3.8) is 0 Å². The lowest BCUT2D eigenvalue weighted by atomic mass is 9.74. The summed E-state index contributed by atoms with van der Waals surface area (Å²) in [6, 6.07) is -1.02. The molecule has 0 spiro atoms. The van der Waals surface area contributed by atoms with E-state index >= 15 is 0 Å². The van der Waals surface area contributed by atoms with Gasteiger partial charge in [-0.2, -0.15) is 0 Å². The minimum atomic E-state index is -1.10. The number of aromatic nitrogens is 2. The molecule has 1 heterocycles. The summed E-state index contributed by atoms with van der Waals surface area (Å²) in [5, 5.41) is 11.7. The van der Waals surface area contributed by atoms with Gasteiger partial charge in [-0.1, -0.05) is 0 Å². The lowest BCUT2D eigenvalue weighted by molar-refractivity contribution is -0.144. The van der Waals surface area contributed by atoms with Crippen LogP contribution in [0, 0.1) is 5.41 Å². The van der Waals surface area contributed by atoms with Crippen LogP contribution in [0.4, 0.5) is 0 Å². The Labute approximate surface area is 118 Å². The van der Waals surface area contributed by atoms with E-state index < -0.39 is 28.9 Å². The Kier molecular flexibility index (Phi) is 4.54. The molecule has 5 N–H and O–H groups in total. The second-order valence-corrected chi connectivity index (χ2v) is 5.99. The molecule has 0 aliphatic rings. The zero-order valence-electron chi connectivity index (χ0n) is 12.2. The molecule has 1 aromatic rings. The first-order chi connectivity index (χ1) is 9.05. The highest BCUT2D eigenvalue weighted by molar-refractivity contribution is 5.88. The number of hydrogen-bond donors (Lipinski definition) is 4. The summed E-state index contributed by atoms with van der Waals surface area (Å²) in [6.07, 6.45) is 3.13. The number of carboxylic acid groups (broad SMARTS) is 1. The maximum atomic E-state index is 12.3. The number of H-pyrrole nitrogens is 1. The molecular weight excluding hydrogens is 260 g/mol. The molecule has 1 amide bonds. The van der Waals surface area contributed by atoms with E-state index in [1.165, 1.54) is 12.5 Å². The molecule has 0 bridgehead atoms. The SMILES string of the molecule is CC(C)(N)C(C)(C)C(=O)N[C@@H](Cc1cnc[nH]1)C(=O)O. The molecule has 0 saturated heterocycles. The molecular formula is C13H22N4O3. The molecule has 0 aromatic carbocycles. The fraction of sp³-hybridized carbons (Fsp3) is 0.615. The molecule has 0 aliphatic heterocycles. The van der Waals surface area contributed by atoms with Crippen LogP contribution in [0.15, 0.2) is 12.5 Å². The second-order valence-electron chi connectivity index (χ2n) is 5.99. The monoisotopic (exact) mass is 282 g/mol.